The molecule has 5 nitrogen and oxygen atoms in total. The van der Waals surface area contributed by atoms with Gasteiger partial charge in [0.05, 0.1) is 18.3 Å². The van der Waals surface area contributed by atoms with Gasteiger partial charge in [0.2, 0.25) is 5.91 Å². The number of hydrogen-bond acceptors (Lipinski definition) is 4. The highest BCUT2D eigenvalue weighted by Crippen LogP contribution is 2.31. The maximum absolute atomic E-state index is 12.9. The van der Waals surface area contributed by atoms with Crippen molar-refractivity contribution >= 4 is 29.1 Å². The number of halogens is 2. The summed E-state index contributed by atoms with van der Waals surface area (Å²) in [6.07, 6.45) is 5.33. The molecule has 1 aliphatic rings. The van der Waals surface area contributed by atoms with E-state index in [2.05, 4.69) is 11.1 Å². The van der Waals surface area contributed by atoms with Crippen LogP contribution in [0, 0.1) is 0 Å². The second-order valence-electron chi connectivity index (χ2n) is 7.68. The predicted octanol–water partition coefficient (Wildman–Crippen LogP) is 5.82. The van der Waals surface area contributed by atoms with E-state index < -0.39 is 0 Å². The van der Waals surface area contributed by atoms with Crippen molar-refractivity contribution in [1.82, 2.24) is 9.88 Å². The molecule has 4 rings (SSSR count). The Bertz CT molecular complexity index is 1070. The lowest BCUT2D eigenvalue weighted by Gasteiger charge is -2.25. The Hall–Kier alpha value is -2.50. The number of nitrogens with zero attached hydrogens (tertiary/aromatic N) is 2. The Morgan fingerprint density at radius 2 is 2.13 bits per heavy atom. The van der Waals surface area contributed by atoms with Crippen LogP contribution < -0.4 is 4.74 Å². The van der Waals surface area contributed by atoms with Crippen molar-refractivity contribution in [2.45, 2.75) is 38.1 Å². The second kappa shape index (κ2) is 9.75. The van der Waals surface area contributed by atoms with Crippen LogP contribution >= 0.6 is 23.2 Å². The van der Waals surface area contributed by atoms with Crippen LogP contribution in [0.1, 0.15) is 30.7 Å². The standard InChI is InChI=1S/C24H24Cl2N2O3/c1-30-19-6-2-4-16(13-19)12-18-5-3-11-28(18)24(29)10-9-23-27-15-22(31-23)20-8-7-17(25)14-21(20)26/h2,4,6-8,13-15,18H,3,5,9-12H2,1H3. The van der Waals surface area contributed by atoms with Crippen molar-refractivity contribution in [3.63, 3.8) is 0 Å². The Balaban J connectivity index is 1.36. The summed E-state index contributed by atoms with van der Waals surface area (Å²) >= 11 is 12.2. The zero-order valence-corrected chi connectivity index (χ0v) is 18.8. The molecule has 1 fully saturated rings. The third kappa shape index (κ3) is 5.23. The van der Waals surface area contributed by atoms with Crippen molar-refractivity contribution < 1.29 is 13.9 Å². The number of likely N-dealkylation sites (tertiary alicyclic amines) is 1. The molecule has 1 unspecified atom stereocenters. The second-order valence-corrected chi connectivity index (χ2v) is 8.52. The summed E-state index contributed by atoms with van der Waals surface area (Å²) in [4.78, 5) is 19.2. The fraction of sp³-hybridized carbons (Fsp3) is 0.333. The minimum Gasteiger partial charge on any atom is -0.497 e. The van der Waals surface area contributed by atoms with Gasteiger partial charge in [0.15, 0.2) is 11.7 Å². The number of benzene rings is 2. The minimum absolute atomic E-state index is 0.134. The molecular weight excluding hydrogens is 435 g/mol. The number of methoxy groups -OCH3 is 1. The highest BCUT2D eigenvalue weighted by atomic mass is 35.5. The third-order valence-electron chi connectivity index (χ3n) is 5.61. The van der Waals surface area contributed by atoms with E-state index in [0.29, 0.717) is 34.5 Å². The van der Waals surface area contributed by atoms with Gasteiger partial charge in [0, 0.05) is 36.0 Å². The SMILES string of the molecule is COc1cccc(CC2CCCN2C(=O)CCc2ncc(-c3ccc(Cl)cc3Cl)o2)c1. The van der Waals surface area contributed by atoms with Gasteiger partial charge in [-0.25, -0.2) is 4.98 Å². The highest BCUT2D eigenvalue weighted by molar-refractivity contribution is 6.36. The van der Waals surface area contributed by atoms with Gasteiger partial charge in [0.25, 0.3) is 0 Å². The van der Waals surface area contributed by atoms with E-state index in [-0.39, 0.29) is 11.9 Å². The smallest absolute Gasteiger partial charge is 0.223 e. The number of oxazole rings is 1. The number of amides is 1. The van der Waals surface area contributed by atoms with Crippen LogP contribution in [0.4, 0.5) is 0 Å². The number of aryl methyl sites for hydroxylation is 1. The van der Waals surface area contributed by atoms with E-state index in [1.807, 2.05) is 23.1 Å². The fourth-order valence-corrected chi connectivity index (χ4v) is 4.55. The number of carbonyl (C=O) groups excluding carboxylic acids is 1. The normalized spacial score (nSPS) is 16.0. The van der Waals surface area contributed by atoms with E-state index in [1.165, 1.54) is 5.56 Å². The van der Waals surface area contributed by atoms with Gasteiger partial charge >= 0.3 is 0 Å². The molecule has 1 aromatic heterocycles. The Morgan fingerprint density at radius 1 is 1.26 bits per heavy atom. The first kappa shape index (κ1) is 21.7. The lowest BCUT2D eigenvalue weighted by Crippen LogP contribution is -2.36. The molecule has 7 heteroatoms. The van der Waals surface area contributed by atoms with Gasteiger partial charge in [0.1, 0.15) is 5.75 Å². The van der Waals surface area contributed by atoms with Crippen molar-refractivity contribution in [3.8, 4) is 17.1 Å². The molecule has 1 saturated heterocycles. The fourth-order valence-electron chi connectivity index (χ4n) is 4.04. The monoisotopic (exact) mass is 458 g/mol. The Labute approximate surface area is 191 Å². The Morgan fingerprint density at radius 3 is 2.94 bits per heavy atom. The van der Waals surface area contributed by atoms with Gasteiger partial charge in [-0.2, -0.15) is 0 Å². The van der Waals surface area contributed by atoms with Crippen molar-refractivity contribution in [3.05, 3.63) is 70.2 Å². The van der Waals surface area contributed by atoms with Gasteiger partial charge in [-0.1, -0.05) is 35.3 Å². The van der Waals surface area contributed by atoms with Crippen molar-refractivity contribution in [1.29, 1.82) is 0 Å². The molecule has 162 valence electrons. The van der Waals surface area contributed by atoms with E-state index in [0.717, 1.165) is 37.1 Å². The van der Waals surface area contributed by atoms with Crippen molar-refractivity contribution in [2.24, 2.45) is 0 Å². The number of aromatic nitrogens is 1. The minimum atomic E-state index is 0.134. The van der Waals surface area contributed by atoms with E-state index >= 15 is 0 Å². The average molecular weight is 459 g/mol. The summed E-state index contributed by atoms with van der Waals surface area (Å²) in [6.45, 7) is 0.796. The molecule has 0 spiro atoms. The summed E-state index contributed by atoms with van der Waals surface area (Å²) in [5.41, 5.74) is 1.91. The summed E-state index contributed by atoms with van der Waals surface area (Å²) in [7, 11) is 1.67. The molecule has 31 heavy (non-hydrogen) atoms. The Kier molecular flexibility index (Phi) is 6.83. The molecule has 0 aliphatic carbocycles. The number of hydrogen-bond donors (Lipinski definition) is 0. The van der Waals surface area contributed by atoms with Crippen LogP contribution in [0.25, 0.3) is 11.3 Å². The van der Waals surface area contributed by atoms with E-state index in [9.17, 15) is 4.79 Å². The van der Waals surface area contributed by atoms with Crippen molar-refractivity contribution in [2.75, 3.05) is 13.7 Å². The first-order valence-corrected chi connectivity index (χ1v) is 11.1. The topological polar surface area (TPSA) is 55.6 Å². The lowest BCUT2D eigenvalue weighted by molar-refractivity contribution is -0.132. The molecular formula is C24H24Cl2N2O3. The predicted molar refractivity (Wildman–Crippen MR) is 122 cm³/mol. The zero-order valence-electron chi connectivity index (χ0n) is 17.3. The summed E-state index contributed by atoms with van der Waals surface area (Å²) in [6, 6.07) is 13.5. The third-order valence-corrected chi connectivity index (χ3v) is 6.15. The van der Waals surface area contributed by atoms with Gasteiger partial charge in [-0.15, -0.1) is 0 Å². The molecule has 0 N–H and O–H groups in total. The van der Waals surface area contributed by atoms with Gasteiger partial charge in [-0.05, 0) is 55.2 Å². The number of rotatable bonds is 7. The largest absolute Gasteiger partial charge is 0.497 e. The van der Waals surface area contributed by atoms with E-state index in [1.54, 1.807) is 31.5 Å². The van der Waals surface area contributed by atoms with Crippen LogP contribution in [0.15, 0.2) is 53.1 Å². The maximum atomic E-state index is 12.9. The lowest BCUT2D eigenvalue weighted by atomic mass is 10.0. The molecule has 1 aliphatic heterocycles. The quantitative estimate of drug-likeness (QED) is 0.447. The molecule has 1 atom stereocenters. The van der Waals surface area contributed by atoms with Gasteiger partial charge < -0.3 is 14.1 Å². The zero-order chi connectivity index (χ0) is 21.8. The first-order valence-electron chi connectivity index (χ1n) is 10.4. The molecule has 0 bridgehead atoms. The molecule has 0 saturated carbocycles. The summed E-state index contributed by atoms with van der Waals surface area (Å²) in [5.74, 6) is 2.07. The molecule has 3 aromatic rings. The van der Waals surface area contributed by atoms with Crippen LogP contribution in [0.2, 0.25) is 10.0 Å². The van der Waals surface area contributed by atoms with Crippen LogP contribution in [-0.2, 0) is 17.6 Å². The molecule has 2 heterocycles. The maximum Gasteiger partial charge on any atom is 0.223 e. The summed E-state index contributed by atoms with van der Waals surface area (Å²) in [5, 5.41) is 1.07. The molecule has 2 aromatic carbocycles. The summed E-state index contributed by atoms with van der Waals surface area (Å²) < 4.78 is 11.1. The number of carbonyl (C=O) groups is 1. The van der Waals surface area contributed by atoms with E-state index in [4.69, 9.17) is 32.4 Å². The van der Waals surface area contributed by atoms with Crippen LogP contribution in [0.5, 0.6) is 5.75 Å². The van der Waals surface area contributed by atoms with Gasteiger partial charge in [-0.3, -0.25) is 4.79 Å². The average Bonchev–Trinajstić information content (AvgIpc) is 3.42. The molecule has 0 radical (unpaired) electrons. The highest BCUT2D eigenvalue weighted by Gasteiger charge is 2.28. The molecule has 1 amide bonds. The first-order chi connectivity index (χ1) is 15.0. The number of ether oxygens (including phenoxy) is 1. The van der Waals surface area contributed by atoms with Crippen LogP contribution in [0.3, 0.4) is 0 Å². The van der Waals surface area contributed by atoms with Crippen LogP contribution in [-0.4, -0.2) is 35.5 Å².